The molecule has 0 saturated heterocycles. The summed E-state index contributed by atoms with van der Waals surface area (Å²) in [6.45, 7) is 5.03. The second-order valence-corrected chi connectivity index (χ2v) is 4.65. The average molecular weight is 232 g/mol. The van der Waals surface area contributed by atoms with E-state index in [1.54, 1.807) is 0 Å². The Bertz CT molecular complexity index is 528. The molecular formula is C12H16N4O. The Morgan fingerprint density at radius 1 is 1.35 bits per heavy atom. The summed E-state index contributed by atoms with van der Waals surface area (Å²) in [5, 5.41) is 3.83. The van der Waals surface area contributed by atoms with Crippen LogP contribution in [0.15, 0.2) is 16.8 Å². The van der Waals surface area contributed by atoms with E-state index in [9.17, 15) is 0 Å². The lowest BCUT2D eigenvalue weighted by atomic mass is 10.3. The molecule has 3 rings (SSSR count). The minimum Gasteiger partial charge on any atom is -0.349 e. The third-order valence-corrected chi connectivity index (χ3v) is 3.13. The molecule has 5 nitrogen and oxygen atoms in total. The van der Waals surface area contributed by atoms with Crippen molar-refractivity contribution in [1.82, 2.24) is 19.6 Å². The van der Waals surface area contributed by atoms with E-state index in [0.29, 0.717) is 11.7 Å². The zero-order chi connectivity index (χ0) is 11.8. The molecule has 0 radical (unpaired) electrons. The predicted octanol–water partition coefficient (Wildman–Crippen LogP) is 1.68. The first kappa shape index (κ1) is 10.5. The Hall–Kier alpha value is -1.62. The molecule has 0 atom stereocenters. The van der Waals surface area contributed by atoms with Crippen LogP contribution in [-0.2, 0) is 13.1 Å². The largest absolute Gasteiger partial charge is 0.349 e. The van der Waals surface area contributed by atoms with Crippen LogP contribution in [0.1, 0.15) is 17.9 Å². The van der Waals surface area contributed by atoms with Crippen LogP contribution in [0, 0.1) is 6.92 Å². The summed E-state index contributed by atoms with van der Waals surface area (Å²) >= 11 is 0. The van der Waals surface area contributed by atoms with Crippen molar-refractivity contribution in [3.05, 3.63) is 23.8 Å². The smallest absolute Gasteiger partial charge is 0.259 e. The van der Waals surface area contributed by atoms with Gasteiger partial charge in [-0.2, -0.15) is 4.98 Å². The zero-order valence-corrected chi connectivity index (χ0v) is 10.2. The van der Waals surface area contributed by atoms with E-state index in [0.717, 1.165) is 25.2 Å². The van der Waals surface area contributed by atoms with Gasteiger partial charge in [0.15, 0.2) is 5.82 Å². The van der Waals surface area contributed by atoms with Gasteiger partial charge < -0.3 is 14.0 Å². The number of fused-ring (bicyclic) bond motifs is 1. The highest BCUT2D eigenvalue weighted by atomic mass is 16.5. The standard InChI is InChI=1S/C12H16N4O/c1-9-13-12(17-14-9)10-6-11-8-15(2)4-3-5-16(11)7-10/h6-7H,3-5,8H2,1-2H3. The minimum atomic E-state index is 0.616. The van der Waals surface area contributed by atoms with Crippen LogP contribution in [0.3, 0.4) is 0 Å². The maximum atomic E-state index is 5.20. The molecule has 3 heterocycles. The summed E-state index contributed by atoms with van der Waals surface area (Å²) in [6, 6.07) is 2.15. The summed E-state index contributed by atoms with van der Waals surface area (Å²) < 4.78 is 7.49. The lowest BCUT2D eigenvalue weighted by Gasteiger charge is -2.11. The SMILES string of the molecule is Cc1noc(-c2cc3n(c2)CCCN(C)C3)n1. The Labute approximate surface area is 100 Å². The highest BCUT2D eigenvalue weighted by Crippen LogP contribution is 2.23. The molecule has 0 fully saturated rings. The molecule has 5 heteroatoms. The van der Waals surface area contributed by atoms with E-state index in [2.05, 4.69) is 38.9 Å². The monoisotopic (exact) mass is 232 g/mol. The zero-order valence-electron chi connectivity index (χ0n) is 10.2. The normalized spacial score (nSPS) is 16.8. The minimum absolute atomic E-state index is 0.616. The molecule has 90 valence electrons. The third kappa shape index (κ3) is 1.98. The van der Waals surface area contributed by atoms with Crippen LogP contribution in [-0.4, -0.2) is 33.2 Å². The van der Waals surface area contributed by atoms with Crippen molar-refractivity contribution in [3.8, 4) is 11.5 Å². The topological polar surface area (TPSA) is 47.1 Å². The van der Waals surface area contributed by atoms with Crippen LogP contribution in [0.2, 0.25) is 0 Å². The van der Waals surface area contributed by atoms with Crippen molar-refractivity contribution in [1.29, 1.82) is 0 Å². The van der Waals surface area contributed by atoms with Crippen molar-refractivity contribution in [2.45, 2.75) is 26.4 Å². The van der Waals surface area contributed by atoms with Crippen molar-refractivity contribution < 1.29 is 4.52 Å². The van der Waals surface area contributed by atoms with Crippen molar-refractivity contribution in [3.63, 3.8) is 0 Å². The summed E-state index contributed by atoms with van der Waals surface area (Å²) in [5.41, 5.74) is 2.34. The molecule has 0 aromatic carbocycles. The molecule has 2 aromatic heterocycles. The van der Waals surface area contributed by atoms with Gasteiger partial charge in [0.1, 0.15) is 0 Å². The predicted molar refractivity (Wildman–Crippen MR) is 63.4 cm³/mol. The molecule has 0 amide bonds. The maximum absolute atomic E-state index is 5.20. The van der Waals surface area contributed by atoms with Gasteiger partial charge in [0.25, 0.3) is 5.89 Å². The molecule has 0 N–H and O–H groups in total. The van der Waals surface area contributed by atoms with Crippen molar-refractivity contribution in [2.75, 3.05) is 13.6 Å². The van der Waals surface area contributed by atoms with Gasteiger partial charge >= 0.3 is 0 Å². The molecule has 0 aliphatic carbocycles. The number of aryl methyl sites for hydroxylation is 2. The van der Waals surface area contributed by atoms with Gasteiger partial charge in [0, 0.05) is 25.0 Å². The fraction of sp³-hybridized carbons (Fsp3) is 0.500. The molecule has 0 saturated carbocycles. The van der Waals surface area contributed by atoms with E-state index >= 15 is 0 Å². The van der Waals surface area contributed by atoms with Crippen LogP contribution in [0.25, 0.3) is 11.5 Å². The first-order valence-electron chi connectivity index (χ1n) is 5.90. The molecule has 0 unspecified atom stereocenters. The number of rotatable bonds is 1. The Kier molecular flexibility index (Phi) is 2.48. The number of nitrogens with zero attached hydrogens (tertiary/aromatic N) is 4. The lowest BCUT2D eigenvalue weighted by Crippen LogP contribution is -2.16. The van der Waals surface area contributed by atoms with Gasteiger partial charge in [-0.3, -0.25) is 0 Å². The third-order valence-electron chi connectivity index (χ3n) is 3.13. The maximum Gasteiger partial charge on any atom is 0.259 e. The molecule has 2 aromatic rings. The van der Waals surface area contributed by atoms with E-state index in [-0.39, 0.29) is 0 Å². The van der Waals surface area contributed by atoms with Gasteiger partial charge in [-0.25, -0.2) is 0 Å². The van der Waals surface area contributed by atoms with Gasteiger partial charge in [0.2, 0.25) is 0 Å². The van der Waals surface area contributed by atoms with Crippen LogP contribution >= 0.6 is 0 Å². The fourth-order valence-corrected chi connectivity index (χ4v) is 2.29. The second-order valence-electron chi connectivity index (χ2n) is 4.65. The molecular weight excluding hydrogens is 216 g/mol. The summed E-state index contributed by atoms with van der Waals surface area (Å²) in [7, 11) is 2.15. The van der Waals surface area contributed by atoms with E-state index in [1.165, 1.54) is 12.1 Å². The summed E-state index contributed by atoms with van der Waals surface area (Å²) in [6.07, 6.45) is 3.29. The molecule has 17 heavy (non-hydrogen) atoms. The van der Waals surface area contributed by atoms with Gasteiger partial charge in [-0.15, -0.1) is 0 Å². The van der Waals surface area contributed by atoms with E-state index < -0.39 is 0 Å². The van der Waals surface area contributed by atoms with Gasteiger partial charge in [-0.1, -0.05) is 5.16 Å². The molecule has 0 spiro atoms. The second kappa shape index (κ2) is 4.00. The van der Waals surface area contributed by atoms with Crippen LogP contribution < -0.4 is 0 Å². The highest BCUT2D eigenvalue weighted by Gasteiger charge is 2.15. The van der Waals surface area contributed by atoms with Gasteiger partial charge in [-0.05, 0) is 33.0 Å². The summed E-state index contributed by atoms with van der Waals surface area (Å²) in [4.78, 5) is 6.60. The number of hydrogen-bond donors (Lipinski definition) is 0. The highest BCUT2D eigenvalue weighted by molar-refractivity contribution is 5.53. The van der Waals surface area contributed by atoms with Gasteiger partial charge in [0.05, 0.1) is 5.56 Å². The van der Waals surface area contributed by atoms with Crippen LogP contribution in [0.5, 0.6) is 0 Å². The Morgan fingerprint density at radius 3 is 3.00 bits per heavy atom. The molecule has 0 bridgehead atoms. The number of aromatic nitrogens is 3. The van der Waals surface area contributed by atoms with Crippen molar-refractivity contribution in [2.24, 2.45) is 0 Å². The summed E-state index contributed by atoms with van der Waals surface area (Å²) in [5.74, 6) is 1.30. The van der Waals surface area contributed by atoms with Crippen molar-refractivity contribution >= 4 is 0 Å². The van der Waals surface area contributed by atoms with E-state index in [1.807, 2.05) is 6.92 Å². The fourth-order valence-electron chi connectivity index (χ4n) is 2.29. The van der Waals surface area contributed by atoms with Crippen LogP contribution in [0.4, 0.5) is 0 Å². The Morgan fingerprint density at radius 2 is 2.24 bits per heavy atom. The first-order chi connectivity index (χ1) is 8.22. The first-order valence-corrected chi connectivity index (χ1v) is 5.90. The van der Waals surface area contributed by atoms with E-state index in [4.69, 9.17) is 4.52 Å². The Balaban J connectivity index is 1.96. The quantitative estimate of drug-likeness (QED) is 0.750. The molecule has 1 aliphatic rings. The number of hydrogen-bond acceptors (Lipinski definition) is 4. The molecule has 1 aliphatic heterocycles. The lowest BCUT2D eigenvalue weighted by molar-refractivity contribution is 0.332. The average Bonchev–Trinajstić information content (AvgIpc) is 2.83.